The van der Waals surface area contributed by atoms with Gasteiger partial charge in [0.05, 0.1) is 10.6 Å². The number of nitrogens with one attached hydrogen (secondary N) is 2. The lowest BCUT2D eigenvalue weighted by Crippen LogP contribution is -2.40. The summed E-state index contributed by atoms with van der Waals surface area (Å²) in [5.74, 6) is -2.40. The summed E-state index contributed by atoms with van der Waals surface area (Å²) in [7, 11) is -4.43. The van der Waals surface area contributed by atoms with Gasteiger partial charge < -0.3 is 21.9 Å². The number of hydrogen-bond donors (Lipinski definition) is 5. The quantitative estimate of drug-likeness (QED) is 0.0486. The second kappa shape index (κ2) is 12.8. The molecule has 0 aliphatic carbocycles. The Morgan fingerprint density at radius 3 is 2.40 bits per heavy atom. The average Bonchev–Trinajstić information content (AvgIpc) is 3.33. The minimum atomic E-state index is -4.43. The summed E-state index contributed by atoms with van der Waals surface area (Å²) >= 11 is 0.825. The maximum absolute atomic E-state index is 13.2. The number of sulfonamides is 1. The van der Waals surface area contributed by atoms with Crippen LogP contribution in [0, 0.1) is 15.0 Å². The van der Waals surface area contributed by atoms with Crippen molar-refractivity contribution in [2.24, 2.45) is 21.6 Å². The van der Waals surface area contributed by atoms with Gasteiger partial charge in [-0.05, 0) is 53.9 Å². The Bertz CT molecular complexity index is 1570. The number of nitro groups is 1. The van der Waals surface area contributed by atoms with Gasteiger partial charge in [-0.25, -0.2) is 13.2 Å². The van der Waals surface area contributed by atoms with Crippen molar-refractivity contribution >= 4 is 56.3 Å². The van der Waals surface area contributed by atoms with Crippen LogP contribution in [-0.4, -0.2) is 48.9 Å². The van der Waals surface area contributed by atoms with E-state index < -0.39 is 37.8 Å². The van der Waals surface area contributed by atoms with E-state index in [1.807, 2.05) is 0 Å². The number of nitrogens with two attached hydrogens (primary N) is 2. The summed E-state index contributed by atoms with van der Waals surface area (Å²) in [6, 6.07) is 10.4. The molecule has 0 spiro atoms. The van der Waals surface area contributed by atoms with E-state index in [2.05, 4.69) is 20.2 Å². The van der Waals surface area contributed by atoms with E-state index in [-0.39, 0.29) is 47.3 Å². The molecule has 3 aromatic rings. The van der Waals surface area contributed by atoms with E-state index in [4.69, 9.17) is 11.5 Å². The molecule has 7 N–H and O–H groups in total. The van der Waals surface area contributed by atoms with E-state index in [1.165, 1.54) is 48.5 Å². The van der Waals surface area contributed by atoms with Crippen LogP contribution in [0.2, 0.25) is 0 Å². The fourth-order valence-electron chi connectivity index (χ4n) is 3.47. The van der Waals surface area contributed by atoms with Crippen LogP contribution in [0.5, 0.6) is 0 Å². The Hall–Kier alpha value is -4.90. The SMILES string of the molecule is NC(N)=NCCC[C@H](NC(=O)c1sc(-c2ccc([N+](=O)[O-])cc2)cc1NS(=O)(=O)c1ccccc1N=O)C(=O)O. The van der Waals surface area contributed by atoms with Crippen LogP contribution in [0.4, 0.5) is 17.1 Å². The van der Waals surface area contributed by atoms with Crippen molar-refractivity contribution in [3.63, 3.8) is 0 Å². The normalized spacial score (nSPS) is 11.7. The number of thiophene rings is 1. The third-order valence-electron chi connectivity index (χ3n) is 5.35. The van der Waals surface area contributed by atoms with Gasteiger partial charge in [-0.3, -0.25) is 24.6 Å². The molecule has 0 aliphatic rings. The molecule has 0 saturated heterocycles. The van der Waals surface area contributed by atoms with Crippen LogP contribution >= 0.6 is 11.3 Å². The number of anilines is 1. The van der Waals surface area contributed by atoms with E-state index in [9.17, 15) is 38.1 Å². The maximum Gasteiger partial charge on any atom is 0.326 e. The van der Waals surface area contributed by atoms with Crippen molar-refractivity contribution in [2.45, 2.75) is 23.8 Å². The summed E-state index contributed by atoms with van der Waals surface area (Å²) in [6.45, 7) is 0.125. The minimum absolute atomic E-state index is 0.0299. The first kappa shape index (κ1) is 29.7. The van der Waals surface area contributed by atoms with Gasteiger partial charge >= 0.3 is 5.97 Å². The highest BCUT2D eigenvalue weighted by Crippen LogP contribution is 2.37. The monoisotopic (exact) mass is 589 g/mol. The third-order valence-corrected chi connectivity index (χ3v) is 7.94. The van der Waals surface area contributed by atoms with Crippen molar-refractivity contribution in [2.75, 3.05) is 11.3 Å². The van der Waals surface area contributed by atoms with Crippen molar-refractivity contribution in [1.82, 2.24) is 5.32 Å². The molecule has 1 atom stereocenters. The molecule has 1 aromatic heterocycles. The van der Waals surface area contributed by atoms with Gasteiger partial charge in [-0.2, -0.15) is 0 Å². The minimum Gasteiger partial charge on any atom is -0.480 e. The summed E-state index contributed by atoms with van der Waals surface area (Å²) in [5, 5.41) is 25.7. The number of carbonyl (C=O) groups is 2. The van der Waals surface area contributed by atoms with E-state index in [1.54, 1.807) is 0 Å². The number of non-ortho nitro benzene ring substituents is 1. The molecule has 2 aromatic carbocycles. The predicted octanol–water partition coefficient (Wildman–Crippen LogP) is 2.76. The van der Waals surface area contributed by atoms with Gasteiger partial charge in [0.25, 0.3) is 21.6 Å². The fourth-order valence-corrected chi connectivity index (χ4v) is 5.76. The molecular formula is C23H23N7O8S2. The largest absolute Gasteiger partial charge is 0.480 e. The molecule has 0 aliphatic heterocycles. The Labute approximate surface area is 231 Å². The Morgan fingerprint density at radius 2 is 1.80 bits per heavy atom. The molecule has 3 rings (SSSR count). The first-order chi connectivity index (χ1) is 18.9. The zero-order chi connectivity index (χ0) is 29.4. The molecule has 40 heavy (non-hydrogen) atoms. The second-order valence-electron chi connectivity index (χ2n) is 8.14. The number of hydrogen-bond acceptors (Lipinski definition) is 10. The number of benzene rings is 2. The Morgan fingerprint density at radius 1 is 1.12 bits per heavy atom. The molecule has 0 radical (unpaired) electrons. The molecular weight excluding hydrogens is 566 g/mol. The molecule has 17 heteroatoms. The van der Waals surface area contributed by atoms with Crippen LogP contribution in [0.15, 0.2) is 69.7 Å². The van der Waals surface area contributed by atoms with Crippen molar-refractivity contribution in [1.29, 1.82) is 0 Å². The number of carbonyl (C=O) groups excluding carboxylic acids is 1. The molecule has 0 saturated carbocycles. The van der Waals surface area contributed by atoms with Crippen LogP contribution < -0.4 is 21.5 Å². The van der Waals surface area contributed by atoms with Crippen LogP contribution in [0.3, 0.4) is 0 Å². The van der Waals surface area contributed by atoms with Gasteiger partial charge in [0.2, 0.25) is 0 Å². The van der Waals surface area contributed by atoms with Gasteiger partial charge in [0, 0.05) is 23.6 Å². The number of nitrogens with zero attached hydrogens (tertiary/aromatic N) is 3. The number of guanidine groups is 1. The first-order valence-electron chi connectivity index (χ1n) is 11.4. The topological polar surface area (TPSA) is 250 Å². The molecule has 1 heterocycles. The van der Waals surface area contributed by atoms with Crippen LogP contribution in [-0.2, 0) is 14.8 Å². The summed E-state index contributed by atoms with van der Waals surface area (Å²) < 4.78 is 28.6. The Balaban J connectivity index is 1.99. The lowest BCUT2D eigenvalue weighted by molar-refractivity contribution is -0.384. The molecule has 0 bridgehead atoms. The zero-order valence-electron chi connectivity index (χ0n) is 20.5. The average molecular weight is 590 g/mol. The van der Waals surface area contributed by atoms with E-state index in [0.717, 1.165) is 17.4 Å². The Kier molecular flexibility index (Phi) is 9.46. The lowest BCUT2D eigenvalue weighted by atomic mass is 10.1. The molecule has 0 unspecified atom stereocenters. The molecule has 0 fully saturated rings. The standard InChI is InChI=1S/C23H23N7O8S2/c24-23(25)26-11-3-5-16(22(32)33)27-21(31)20-17(29-40(37,38)19-6-2-1-4-15(19)28-34)12-18(39-20)13-7-9-14(10-8-13)30(35)36/h1-2,4,6-10,12,16,29H,3,5,11H2,(H,27,31)(H,32,33)(H4,24,25,26)/t16-/m0/s1. The van der Waals surface area contributed by atoms with Gasteiger partial charge in [0.15, 0.2) is 5.96 Å². The number of carboxylic acids is 1. The summed E-state index contributed by atoms with van der Waals surface area (Å²) in [5.41, 5.74) is 10.2. The third kappa shape index (κ3) is 7.35. The van der Waals surface area contributed by atoms with E-state index in [0.29, 0.717) is 10.4 Å². The second-order valence-corrected chi connectivity index (χ2v) is 10.8. The van der Waals surface area contributed by atoms with Gasteiger partial charge in [-0.1, -0.05) is 12.1 Å². The molecule has 1 amide bonds. The fraction of sp³-hybridized carbons (Fsp3) is 0.174. The van der Waals surface area contributed by atoms with Crippen molar-refractivity contribution < 1.29 is 28.0 Å². The van der Waals surface area contributed by atoms with Crippen LogP contribution in [0.25, 0.3) is 10.4 Å². The number of aliphatic imine (C=N–C) groups is 1. The maximum atomic E-state index is 13.2. The zero-order valence-corrected chi connectivity index (χ0v) is 22.1. The van der Waals surface area contributed by atoms with Crippen molar-refractivity contribution in [3.05, 3.63) is 74.5 Å². The smallest absolute Gasteiger partial charge is 0.326 e. The van der Waals surface area contributed by atoms with Crippen LogP contribution in [0.1, 0.15) is 22.5 Å². The highest BCUT2D eigenvalue weighted by molar-refractivity contribution is 7.93. The molecule has 210 valence electrons. The predicted molar refractivity (Wildman–Crippen MR) is 148 cm³/mol. The van der Waals surface area contributed by atoms with Gasteiger partial charge in [-0.15, -0.1) is 16.2 Å². The number of rotatable bonds is 13. The number of nitro benzene ring substituents is 1. The summed E-state index contributed by atoms with van der Waals surface area (Å²) in [4.78, 5) is 50.1. The van der Waals surface area contributed by atoms with E-state index >= 15 is 0 Å². The number of nitroso groups, excluding NO2 is 1. The highest BCUT2D eigenvalue weighted by atomic mass is 32.2. The van der Waals surface area contributed by atoms with Crippen molar-refractivity contribution in [3.8, 4) is 10.4 Å². The first-order valence-corrected chi connectivity index (χ1v) is 13.7. The summed E-state index contributed by atoms with van der Waals surface area (Å²) in [6.07, 6.45) is 0.195. The van der Waals surface area contributed by atoms with Gasteiger partial charge in [0.1, 0.15) is 21.5 Å². The number of carboxylic acid groups (broad SMARTS) is 1. The molecule has 15 nitrogen and oxygen atoms in total. The number of amides is 1. The highest BCUT2D eigenvalue weighted by Gasteiger charge is 2.27. The number of aliphatic carboxylic acids is 1. The lowest BCUT2D eigenvalue weighted by Gasteiger charge is -2.15.